The summed E-state index contributed by atoms with van der Waals surface area (Å²) < 4.78 is 26.2. The molecular weight excluding hydrogens is 296 g/mol. The second kappa shape index (κ2) is 6.39. The number of hydrogen-bond donors (Lipinski definition) is 3. The topological polar surface area (TPSA) is 52.5 Å². The molecule has 2 unspecified atom stereocenters. The van der Waals surface area contributed by atoms with Crippen molar-refractivity contribution in [3.63, 3.8) is 0 Å². The van der Waals surface area contributed by atoms with Gasteiger partial charge >= 0.3 is 0 Å². The maximum absolute atomic E-state index is 13.2. The van der Waals surface area contributed by atoms with Gasteiger partial charge in [0.25, 0.3) is 0 Å². The third kappa shape index (κ3) is 3.70. The SMILES string of the molecule is CNCCC(O)C(O)c1cc(F)c(Br)c(F)c1. The van der Waals surface area contributed by atoms with E-state index < -0.39 is 23.8 Å². The van der Waals surface area contributed by atoms with Crippen LogP contribution in [-0.4, -0.2) is 29.9 Å². The number of aliphatic hydroxyl groups is 2. The lowest BCUT2D eigenvalue weighted by molar-refractivity contribution is 0.0137. The third-order valence-corrected chi connectivity index (χ3v) is 3.16. The molecule has 1 aromatic carbocycles. The molecule has 2 atom stereocenters. The summed E-state index contributed by atoms with van der Waals surface area (Å²) in [6, 6.07) is 2.00. The number of rotatable bonds is 5. The molecule has 0 saturated carbocycles. The molecule has 3 nitrogen and oxygen atoms in total. The first-order valence-corrected chi connectivity index (χ1v) is 5.91. The Balaban J connectivity index is 2.85. The zero-order valence-electron chi connectivity index (χ0n) is 9.25. The van der Waals surface area contributed by atoms with Crippen LogP contribution >= 0.6 is 15.9 Å². The zero-order chi connectivity index (χ0) is 13.0. The van der Waals surface area contributed by atoms with Crippen molar-refractivity contribution in [3.8, 4) is 0 Å². The first-order valence-electron chi connectivity index (χ1n) is 5.12. The molecule has 3 N–H and O–H groups in total. The Bertz CT molecular complexity index is 367. The summed E-state index contributed by atoms with van der Waals surface area (Å²) in [6.45, 7) is 0.500. The smallest absolute Gasteiger partial charge is 0.140 e. The molecule has 0 aliphatic rings. The van der Waals surface area contributed by atoms with Crippen LogP contribution in [0.25, 0.3) is 0 Å². The summed E-state index contributed by atoms with van der Waals surface area (Å²) in [6.07, 6.45) is -2.08. The molecule has 0 saturated heterocycles. The Kier molecular flexibility index (Phi) is 5.45. The standard InChI is InChI=1S/C11H14BrF2NO2/c1-15-3-2-9(16)11(17)6-4-7(13)10(12)8(14)5-6/h4-5,9,11,15-17H,2-3H2,1H3. The van der Waals surface area contributed by atoms with Crippen LogP contribution in [-0.2, 0) is 0 Å². The van der Waals surface area contributed by atoms with Crippen molar-refractivity contribution in [1.82, 2.24) is 5.32 Å². The molecule has 0 bridgehead atoms. The molecule has 0 radical (unpaired) electrons. The van der Waals surface area contributed by atoms with E-state index in [4.69, 9.17) is 0 Å². The maximum Gasteiger partial charge on any atom is 0.140 e. The van der Waals surface area contributed by atoms with Gasteiger partial charge in [-0.2, -0.15) is 0 Å². The van der Waals surface area contributed by atoms with Crippen molar-refractivity contribution < 1.29 is 19.0 Å². The summed E-state index contributed by atoms with van der Waals surface area (Å²) in [4.78, 5) is 0. The van der Waals surface area contributed by atoms with Crippen molar-refractivity contribution in [2.24, 2.45) is 0 Å². The minimum atomic E-state index is -1.31. The van der Waals surface area contributed by atoms with Crippen molar-refractivity contribution in [2.45, 2.75) is 18.6 Å². The van der Waals surface area contributed by atoms with E-state index in [2.05, 4.69) is 21.2 Å². The largest absolute Gasteiger partial charge is 0.390 e. The van der Waals surface area contributed by atoms with Crippen molar-refractivity contribution in [1.29, 1.82) is 0 Å². The Morgan fingerprint density at radius 1 is 1.29 bits per heavy atom. The van der Waals surface area contributed by atoms with Crippen LogP contribution in [0.3, 0.4) is 0 Å². The number of halogens is 3. The molecule has 0 aromatic heterocycles. The van der Waals surface area contributed by atoms with Gasteiger partial charge in [-0.1, -0.05) is 0 Å². The highest BCUT2D eigenvalue weighted by Crippen LogP contribution is 2.26. The normalized spacial score (nSPS) is 14.7. The number of hydrogen-bond acceptors (Lipinski definition) is 3. The Hall–Kier alpha value is -0.560. The van der Waals surface area contributed by atoms with E-state index in [1.54, 1.807) is 7.05 Å². The van der Waals surface area contributed by atoms with E-state index in [-0.39, 0.29) is 16.5 Å². The molecule has 1 rings (SSSR count). The summed E-state index contributed by atoms with van der Waals surface area (Å²) >= 11 is 2.74. The summed E-state index contributed by atoms with van der Waals surface area (Å²) in [5, 5.41) is 22.1. The first-order chi connectivity index (χ1) is 7.97. The summed E-state index contributed by atoms with van der Waals surface area (Å²) in [5.41, 5.74) is 0.0202. The molecule has 1 aromatic rings. The van der Waals surface area contributed by atoms with E-state index >= 15 is 0 Å². The monoisotopic (exact) mass is 309 g/mol. The van der Waals surface area contributed by atoms with Gasteiger partial charge in [0.1, 0.15) is 17.7 Å². The maximum atomic E-state index is 13.2. The molecule has 0 spiro atoms. The van der Waals surface area contributed by atoms with Gasteiger partial charge in [-0.05, 0) is 53.6 Å². The van der Waals surface area contributed by atoms with Crippen LogP contribution in [0.2, 0.25) is 0 Å². The Labute approximate surface area is 107 Å². The second-order valence-corrected chi connectivity index (χ2v) is 4.50. The van der Waals surface area contributed by atoms with E-state index in [9.17, 15) is 19.0 Å². The highest BCUT2D eigenvalue weighted by Gasteiger charge is 2.20. The molecule has 0 amide bonds. The van der Waals surface area contributed by atoms with Crippen LogP contribution < -0.4 is 5.32 Å². The fourth-order valence-electron chi connectivity index (χ4n) is 1.42. The fraction of sp³-hybridized carbons (Fsp3) is 0.455. The van der Waals surface area contributed by atoms with Gasteiger partial charge in [0.2, 0.25) is 0 Å². The molecule has 96 valence electrons. The Morgan fingerprint density at radius 3 is 2.29 bits per heavy atom. The molecule has 6 heteroatoms. The van der Waals surface area contributed by atoms with Gasteiger partial charge in [-0.15, -0.1) is 0 Å². The quantitative estimate of drug-likeness (QED) is 0.726. The van der Waals surface area contributed by atoms with Crippen molar-refractivity contribution in [3.05, 3.63) is 33.8 Å². The average Bonchev–Trinajstić information content (AvgIpc) is 2.31. The van der Waals surface area contributed by atoms with Crippen molar-refractivity contribution >= 4 is 15.9 Å². The van der Waals surface area contributed by atoms with E-state index in [1.165, 1.54) is 0 Å². The van der Waals surface area contributed by atoms with Crippen molar-refractivity contribution in [2.75, 3.05) is 13.6 Å². The lowest BCUT2D eigenvalue weighted by Crippen LogP contribution is -2.23. The summed E-state index contributed by atoms with van der Waals surface area (Å²) in [5.74, 6) is -1.61. The van der Waals surface area contributed by atoms with Crippen LogP contribution in [0.15, 0.2) is 16.6 Å². The molecule has 0 aliphatic heterocycles. The number of nitrogens with one attached hydrogen (secondary N) is 1. The van der Waals surface area contributed by atoms with Crippen LogP contribution in [0.4, 0.5) is 8.78 Å². The van der Waals surface area contributed by atoms with E-state index in [1.807, 2.05) is 0 Å². The highest BCUT2D eigenvalue weighted by molar-refractivity contribution is 9.10. The molecule has 0 fully saturated rings. The van der Waals surface area contributed by atoms with Crippen LogP contribution in [0, 0.1) is 11.6 Å². The highest BCUT2D eigenvalue weighted by atomic mass is 79.9. The van der Waals surface area contributed by atoms with Gasteiger partial charge in [0, 0.05) is 0 Å². The predicted molar refractivity (Wildman–Crippen MR) is 63.6 cm³/mol. The Morgan fingerprint density at radius 2 is 1.82 bits per heavy atom. The van der Waals surface area contributed by atoms with Gasteiger partial charge in [0.05, 0.1) is 10.6 Å². The predicted octanol–water partition coefficient (Wildman–Crippen LogP) is 1.73. The minimum absolute atomic E-state index is 0.0202. The number of aliphatic hydroxyl groups excluding tert-OH is 2. The molecule has 17 heavy (non-hydrogen) atoms. The molecule has 0 aliphatic carbocycles. The summed E-state index contributed by atoms with van der Waals surface area (Å²) in [7, 11) is 1.71. The van der Waals surface area contributed by atoms with Crippen LogP contribution in [0.5, 0.6) is 0 Å². The van der Waals surface area contributed by atoms with Gasteiger partial charge in [0.15, 0.2) is 0 Å². The van der Waals surface area contributed by atoms with E-state index in [0.717, 1.165) is 12.1 Å². The first kappa shape index (κ1) is 14.5. The molecular formula is C11H14BrF2NO2. The number of benzene rings is 1. The van der Waals surface area contributed by atoms with Gasteiger partial charge < -0.3 is 15.5 Å². The zero-order valence-corrected chi connectivity index (χ0v) is 10.8. The van der Waals surface area contributed by atoms with Gasteiger partial charge in [-0.3, -0.25) is 0 Å². The lowest BCUT2D eigenvalue weighted by atomic mass is 10.0. The minimum Gasteiger partial charge on any atom is -0.390 e. The average molecular weight is 310 g/mol. The van der Waals surface area contributed by atoms with Gasteiger partial charge in [-0.25, -0.2) is 8.78 Å². The van der Waals surface area contributed by atoms with E-state index in [0.29, 0.717) is 6.54 Å². The fourth-order valence-corrected chi connectivity index (χ4v) is 1.65. The third-order valence-electron chi connectivity index (χ3n) is 2.40. The second-order valence-electron chi connectivity index (χ2n) is 3.70. The lowest BCUT2D eigenvalue weighted by Gasteiger charge is -2.18. The molecule has 0 heterocycles. The van der Waals surface area contributed by atoms with Crippen LogP contribution in [0.1, 0.15) is 18.1 Å².